The summed E-state index contributed by atoms with van der Waals surface area (Å²) in [6, 6.07) is 7.40. The lowest BCUT2D eigenvalue weighted by molar-refractivity contribution is -0.143. The summed E-state index contributed by atoms with van der Waals surface area (Å²) in [5, 5.41) is 7.97. The van der Waals surface area contributed by atoms with Crippen LogP contribution < -0.4 is 4.90 Å². The number of rotatable bonds is 4. The van der Waals surface area contributed by atoms with Crippen LogP contribution in [0.2, 0.25) is 0 Å². The van der Waals surface area contributed by atoms with Gasteiger partial charge in [-0.3, -0.25) is 9.59 Å². The second-order valence-corrected chi connectivity index (χ2v) is 7.76. The Morgan fingerprint density at radius 1 is 1.00 bits per heavy atom. The van der Waals surface area contributed by atoms with Crippen LogP contribution in [0.15, 0.2) is 47.4 Å². The Morgan fingerprint density at radius 3 is 2.10 bits per heavy atom. The van der Waals surface area contributed by atoms with E-state index in [-0.39, 0.29) is 11.6 Å². The number of amides is 1. The molecule has 1 aliphatic rings. The fraction of sp³-hybridized carbons (Fsp3) is 0.263. The fourth-order valence-electron chi connectivity index (χ4n) is 3.02. The van der Waals surface area contributed by atoms with Gasteiger partial charge in [-0.1, -0.05) is 12.1 Å². The number of hydrogen-bond donors (Lipinski definition) is 1. The van der Waals surface area contributed by atoms with E-state index in [1.807, 2.05) is 0 Å². The largest absolute Gasteiger partial charge is 0.481 e. The maximum absolute atomic E-state index is 13.1. The number of anilines is 1. The van der Waals surface area contributed by atoms with Crippen molar-refractivity contribution in [1.82, 2.24) is 0 Å². The molecule has 1 atom stereocenters. The minimum atomic E-state index is -5.01. The number of carbonyl (C=O) groups excluding carboxylic acids is 1. The highest BCUT2D eigenvalue weighted by molar-refractivity contribution is 8.01. The Bertz CT molecular complexity index is 957. The summed E-state index contributed by atoms with van der Waals surface area (Å²) < 4.78 is 78.7. The fourth-order valence-corrected chi connectivity index (χ4v) is 4.24. The van der Waals surface area contributed by atoms with E-state index in [0.717, 1.165) is 16.7 Å². The Balaban J connectivity index is 2.05. The van der Waals surface area contributed by atoms with Crippen molar-refractivity contribution in [1.29, 1.82) is 0 Å². The van der Waals surface area contributed by atoms with E-state index in [4.69, 9.17) is 5.11 Å². The first kappa shape index (κ1) is 22.0. The molecule has 0 saturated carbocycles. The summed E-state index contributed by atoms with van der Waals surface area (Å²) in [4.78, 5) is 25.4. The number of thioether (sulfide) groups is 1. The molecule has 0 spiro atoms. The predicted molar refractivity (Wildman–Crippen MR) is 96.0 cm³/mol. The Labute approximate surface area is 170 Å². The summed E-state index contributed by atoms with van der Waals surface area (Å²) in [6.45, 7) is -0.570. The number of aliphatic carboxylic acids is 1. The first-order valence-electron chi connectivity index (χ1n) is 8.43. The van der Waals surface area contributed by atoms with E-state index in [2.05, 4.69) is 0 Å². The third kappa shape index (κ3) is 4.72. The number of carboxylic acids is 1. The highest BCUT2D eigenvalue weighted by atomic mass is 32.2. The Kier molecular flexibility index (Phi) is 5.76. The molecule has 3 rings (SSSR count). The van der Waals surface area contributed by atoms with Gasteiger partial charge < -0.3 is 10.0 Å². The molecule has 2 aromatic carbocycles. The number of para-hydroxylation sites is 1. The third-order valence-corrected chi connectivity index (χ3v) is 5.57. The molecule has 30 heavy (non-hydrogen) atoms. The molecule has 2 aromatic rings. The lowest BCUT2D eigenvalue weighted by atomic mass is 10.0. The van der Waals surface area contributed by atoms with E-state index in [1.54, 1.807) is 18.2 Å². The molecule has 1 amide bonds. The molecular weight excluding hydrogens is 436 g/mol. The monoisotopic (exact) mass is 449 g/mol. The zero-order chi connectivity index (χ0) is 22.3. The van der Waals surface area contributed by atoms with Crippen LogP contribution in [-0.4, -0.2) is 22.2 Å². The molecule has 0 aromatic heterocycles. The van der Waals surface area contributed by atoms with Gasteiger partial charge >= 0.3 is 18.3 Å². The molecule has 1 aliphatic heterocycles. The summed E-state index contributed by atoms with van der Waals surface area (Å²) in [7, 11) is 0. The van der Waals surface area contributed by atoms with Crippen LogP contribution >= 0.6 is 11.8 Å². The third-order valence-electron chi connectivity index (χ3n) is 4.31. The van der Waals surface area contributed by atoms with Crippen molar-refractivity contribution < 1.29 is 41.0 Å². The Morgan fingerprint density at radius 2 is 1.57 bits per heavy atom. The van der Waals surface area contributed by atoms with Gasteiger partial charge in [0.05, 0.1) is 35.0 Å². The van der Waals surface area contributed by atoms with E-state index in [0.29, 0.717) is 22.7 Å². The van der Waals surface area contributed by atoms with Gasteiger partial charge in [0.2, 0.25) is 5.91 Å². The quantitative estimate of drug-likeness (QED) is 0.652. The van der Waals surface area contributed by atoms with Crippen molar-refractivity contribution in [3.8, 4) is 0 Å². The van der Waals surface area contributed by atoms with Crippen molar-refractivity contribution >= 4 is 29.3 Å². The molecule has 1 unspecified atom stereocenters. The number of fused-ring (bicyclic) bond motifs is 1. The number of carbonyl (C=O) groups is 2. The van der Waals surface area contributed by atoms with Crippen molar-refractivity contribution in [2.75, 3.05) is 4.90 Å². The van der Waals surface area contributed by atoms with Crippen LogP contribution in [-0.2, 0) is 28.5 Å². The molecule has 0 bridgehead atoms. The van der Waals surface area contributed by atoms with Crippen molar-refractivity contribution in [3.63, 3.8) is 0 Å². The highest BCUT2D eigenvalue weighted by Gasteiger charge is 2.38. The minimum Gasteiger partial charge on any atom is -0.481 e. The SMILES string of the molecule is O=C(O)CC1Sc2ccccc2N(Cc2cc(C(F)(F)F)cc(C(F)(F)F)c2)C1=O. The number of halogens is 6. The van der Waals surface area contributed by atoms with E-state index < -0.39 is 53.6 Å². The van der Waals surface area contributed by atoms with Crippen molar-refractivity contribution in [2.45, 2.75) is 35.5 Å². The molecule has 160 valence electrons. The van der Waals surface area contributed by atoms with Crippen molar-refractivity contribution in [3.05, 3.63) is 59.2 Å². The van der Waals surface area contributed by atoms with E-state index in [9.17, 15) is 35.9 Å². The van der Waals surface area contributed by atoms with Crippen LogP contribution in [0.25, 0.3) is 0 Å². The van der Waals surface area contributed by atoms with Crippen LogP contribution in [0.3, 0.4) is 0 Å². The summed E-state index contributed by atoms with van der Waals surface area (Å²) >= 11 is 0.991. The van der Waals surface area contributed by atoms with Gasteiger partial charge in [-0.25, -0.2) is 0 Å². The molecular formula is C19H13F6NO3S. The van der Waals surface area contributed by atoms with Gasteiger partial charge in [0.1, 0.15) is 0 Å². The van der Waals surface area contributed by atoms with Gasteiger partial charge in [0, 0.05) is 4.90 Å². The Hall–Kier alpha value is -2.69. The molecule has 11 heteroatoms. The van der Waals surface area contributed by atoms with Crippen LogP contribution in [0.5, 0.6) is 0 Å². The maximum Gasteiger partial charge on any atom is 0.416 e. The number of carboxylic acid groups (broad SMARTS) is 1. The van der Waals surface area contributed by atoms with Crippen LogP contribution in [0.4, 0.5) is 32.0 Å². The topological polar surface area (TPSA) is 57.6 Å². The second kappa shape index (κ2) is 7.86. The summed E-state index contributed by atoms with van der Waals surface area (Å²) in [6.07, 6.45) is -10.6. The first-order valence-corrected chi connectivity index (χ1v) is 9.31. The molecule has 0 aliphatic carbocycles. The van der Waals surface area contributed by atoms with Crippen LogP contribution in [0.1, 0.15) is 23.1 Å². The zero-order valence-corrected chi connectivity index (χ0v) is 15.7. The molecule has 0 fully saturated rings. The molecule has 0 saturated heterocycles. The number of hydrogen-bond acceptors (Lipinski definition) is 3. The molecule has 1 heterocycles. The number of nitrogens with zero attached hydrogens (tertiary/aromatic N) is 1. The summed E-state index contributed by atoms with van der Waals surface area (Å²) in [5.41, 5.74) is -3.05. The van der Waals surface area contributed by atoms with Gasteiger partial charge in [0.25, 0.3) is 0 Å². The van der Waals surface area contributed by atoms with Crippen LogP contribution in [0, 0.1) is 0 Å². The average molecular weight is 449 g/mol. The smallest absolute Gasteiger partial charge is 0.416 e. The summed E-state index contributed by atoms with van der Waals surface area (Å²) in [5.74, 6) is -1.95. The van der Waals surface area contributed by atoms with Crippen molar-refractivity contribution in [2.24, 2.45) is 0 Å². The van der Waals surface area contributed by atoms with E-state index in [1.165, 1.54) is 6.07 Å². The van der Waals surface area contributed by atoms with Gasteiger partial charge in [-0.05, 0) is 35.9 Å². The molecule has 4 nitrogen and oxygen atoms in total. The second-order valence-electron chi connectivity index (χ2n) is 6.51. The lowest BCUT2D eigenvalue weighted by Crippen LogP contribution is -2.41. The van der Waals surface area contributed by atoms with E-state index >= 15 is 0 Å². The standard InChI is InChI=1S/C19H13F6NO3S/c20-18(21,22)11-5-10(6-12(7-11)19(23,24)25)9-26-13-3-1-2-4-14(13)30-15(17(26)29)8-16(27)28/h1-7,15H,8-9H2,(H,27,28). The minimum absolute atomic E-state index is 0.0125. The molecule has 1 N–H and O–H groups in total. The first-order chi connectivity index (χ1) is 13.9. The van der Waals surface area contributed by atoms with Gasteiger partial charge in [-0.2, -0.15) is 26.3 Å². The maximum atomic E-state index is 13.1. The molecule has 0 radical (unpaired) electrons. The van der Waals surface area contributed by atoms with Gasteiger partial charge in [-0.15, -0.1) is 11.8 Å². The average Bonchev–Trinajstić information content (AvgIpc) is 2.63. The van der Waals surface area contributed by atoms with Gasteiger partial charge in [0.15, 0.2) is 0 Å². The number of alkyl halides is 6. The predicted octanol–water partition coefficient (Wildman–Crippen LogP) is 5.21. The highest BCUT2D eigenvalue weighted by Crippen LogP contribution is 2.42. The number of benzene rings is 2. The lowest BCUT2D eigenvalue weighted by Gasteiger charge is -2.33. The normalized spacial score (nSPS) is 17.1. The zero-order valence-electron chi connectivity index (χ0n) is 14.9.